The summed E-state index contributed by atoms with van der Waals surface area (Å²) in [5.74, 6) is -0.0290. The second kappa shape index (κ2) is 5.50. The predicted molar refractivity (Wildman–Crippen MR) is 74.6 cm³/mol. The first-order valence-corrected chi connectivity index (χ1v) is 6.82. The van der Waals surface area contributed by atoms with Crippen LogP contribution >= 0.6 is 0 Å². The molecule has 6 nitrogen and oxygen atoms in total. The highest BCUT2D eigenvalue weighted by atomic mass is 16.5. The van der Waals surface area contributed by atoms with Crippen molar-refractivity contribution in [3.05, 3.63) is 34.2 Å². The molecule has 1 atom stereocenters. The number of fused-ring (bicyclic) bond motifs is 1. The van der Waals surface area contributed by atoms with Crippen LogP contribution < -0.4 is 11.0 Å². The Morgan fingerprint density at radius 2 is 2.20 bits per heavy atom. The smallest absolute Gasteiger partial charge is 0.323 e. The molecule has 1 aromatic carbocycles. The molecule has 20 heavy (non-hydrogen) atoms. The first kappa shape index (κ1) is 12.9. The maximum Gasteiger partial charge on any atom is 0.323 e. The van der Waals surface area contributed by atoms with Crippen molar-refractivity contribution in [2.75, 3.05) is 13.2 Å². The summed E-state index contributed by atoms with van der Waals surface area (Å²) in [4.78, 5) is 28.4. The number of carbonyl (C=O) groups excluding carboxylic acids is 1. The van der Waals surface area contributed by atoms with Gasteiger partial charge in [-0.2, -0.15) is 0 Å². The van der Waals surface area contributed by atoms with Crippen molar-refractivity contribution in [1.29, 1.82) is 0 Å². The van der Waals surface area contributed by atoms with E-state index in [1.54, 1.807) is 0 Å². The van der Waals surface area contributed by atoms with Crippen LogP contribution in [0.5, 0.6) is 0 Å². The van der Waals surface area contributed by atoms with Crippen LogP contribution in [0.3, 0.4) is 0 Å². The second-order valence-corrected chi connectivity index (χ2v) is 5.00. The quantitative estimate of drug-likeness (QED) is 0.767. The van der Waals surface area contributed by atoms with E-state index in [0.717, 1.165) is 35.9 Å². The predicted octanol–water partition coefficient (Wildman–Crippen LogP) is 0.694. The van der Waals surface area contributed by atoms with E-state index in [9.17, 15) is 9.59 Å². The highest BCUT2D eigenvalue weighted by Gasteiger charge is 2.22. The highest BCUT2D eigenvalue weighted by molar-refractivity contribution is 5.81. The lowest BCUT2D eigenvalue weighted by Gasteiger charge is -2.10. The topological polar surface area (TPSA) is 87.0 Å². The number of hydrogen-bond acceptors (Lipinski definition) is 3. The summed E-state index contributed by atoms with van der Waals surface area (Å²) < 4.78 is 5.32. The maximum absolute atomic E-state index is 11.8. The Bertz CT molecular complexity index is 668. The second-order valence-electron chi connectivity index (χ2n) is 5.00. The van der Waals surface area contributed by atoms with Crippen LogP contribution in [0.1, 0.15) is 18.4 Å². The largest absolute Gasteiger partial charge is 0.368 e. The van der Waals surface area contributed by atoms with Crippen LogP contribution in [-0.4, -0.2) is 35.1 Å². The Labute approximate surface area is 115 Å². The molecule has 0 radical (unpaired) electrons. The average molecular weight is 275 g/mol. The summed E-state index contributed by atoms with van der Waals surface area (Å²) in [7, 11) is 0. The Balaban J connectivity index is 1.56. The van der Waals surface area contributed by atoms with Gasteiger partial charge in [-0.1, -0.05) is 6.07 Å². The summed E-state index contributed by atoms with van der Waals surface area (Å²) in [6, 6.07) is 5.74. The fourth-order valence-electron chi connectivity index (χ4n) is 2.46. The van der Waals surface area contributed by atoms with E-state index in [0.29, 0.717) is 13.2 Å². The molecular formula is C14H17N3O3. The van der Waals surface area contributed by atoms with E-state index >= 15 is 0 Å². The lowest BCUT2D eigenvalue weighted by atomic mass is 10.1. The zero-order valence-corrected chi connectivity index (χ0v) is 11.1. The molecule has 1 aliphatic rings. The molecule has 3 rings (SSSR count). The first-order chi connectivity index (χ1) is 9.72. The molecule has 1 unspecified atom stereocenters. The van der Waals surface area contributed by atoms with Gasteiger partial charge in [0.15, 0.2) is 0 Å². The molecule has 1 saturated heterocycles. The van der Waals surface area contributed by atoms with Gasteiger partial charge in [0.05, 0.1) is 11.0 Å². The van der Waals surface area contributed by atoms with Crippen LogP contribution in [0.4, 0.5) is 0 Å². The molecule has 0 saturated carbocycles. The van der Waals surface area contributed by atoms with Crippen LogP contribution in [0.15, 0.2) is 23.0 Å². The van der Waals surface area contributed by atoms with E-state index < -0.39 is 0 Å². The standard InChI is InChI=1S/C14H17N3O3/c18-13(12-2-1-7-20-12)15-6-5-9-3-4-10-11(8-9)17-14(19)16-10/h3-4,8,12H,1-2,5-7H2,(H,15,18)(H2,16,17,19). The highest BCUT2D eigenvalue weighted by Crippen LogP contribution is 2.12. The monoisotopic (exact) mass is 275 g/mol. The number of H-pyrrole nitrogens is 2. The van der Waals surface area contributed by atoms with Gasteiger partial charge in [0.2, 0.25) is 5.91 Å². The van der Waals surface area contributed by atoms with E-state index in [-0.39, 0.29) is 17.7 Å². The molecule has 106 valence electrons. The Kier molecular flexibility index (Phi) is 3.56. The average Bonchev–Trinajstić information content (AvgIpc) is 3.05. The van der Waals surface area contributed by atoms with Crippen LogP contribution in [0.25, 0.3) is 11.0 Å². The number of aromatic nitrogens is 2. The number of aromatic amines is 2. The van der Waals surface area contributed by atoms with Gasteiger partial charge >= 0.3 is 5.69 Å². The number of benzene rings is 1. The van der Waals surface area contributed by atoms with Crippen molar-refractivity contribution in [3.8, 4) is 0 Å². The van der Waals surface area contributed by atoms with Gasteiger partial charge in [0.1, 0.15) is 6.10 Å². The lowest BCUT2D eigenvalue weighted by Crippen LogP contribution is -2.35. The van der Waals surface area contributed by atoms with E-state index in [2.05, 4.69) is 15.3 Å². The van der Waals surface area contributed by atoms with E-state index in [4.69, 9.17) is 4.74 Å². The van der Waals surface area contributed by atoms with Gasteiger partial charge in [0, 0.05) is 13.2 Å². The fourth-order valence-corrected chi connectivity index (χ4v) is 2.46. The third kappa shape index (κ3) is 2.75. The van der Waals surface area contributed by atoms with Gasteiger partial charge in [-0.25, -0.2) is 4.79 Å². The van der Waals surface area contributed by atoms with Gasteiger partial charge < -0.3 is 20.0 Å². The van der Waals surface area contributed by atoms with Gasteiger partial charge in [-0.05, 0) is 37.0 Å². The van der Waals surface area contributed by atoms with Crippen molar-refractivity contribution in [2.24, 2.45) is 0 Å². The number of carbonyl (C=O) groups is 1. The summed E-state index contributed by atoms with van der Waals surface area (Å²) in [5.41, 5.74) is 2.45. The minimum atomic E-state index is -0.279. The van der Waals surface area contributed by atoms with Gasteiger partial charge in [-0.15, -0.1) is 0 Å². The zero-order valence-electron chi connectivity index (χ0n) is 11.1. The number of nitrogens with one attached hydrogen (secondary N) is 3. The zero-order chi connectivity index (χ0) is 13.9. The normalized spacial score (nSPS) is 18.5. The van der Waals surface area contributed by atoms with Gasteiger partial charge in [-0.3, -0.25) is 4.79 Å². The van der Waals surface area contributed by atoms with Crippen LogP contribution in [-0.2, 0) is 16.0 Å². The number of ether oxygens (including phenoxy) is 1. The molecule has 2 aromatic rings. The summed E-state index contributed by atoms with van der Waals surface area (Å²) in [5, 5.41) is 2.88. The Morgan fingerprint density at radius 3 is 3.00 bits per heavy atom. The summed E-state index contributed by atoms with van der Waals surface area (Å²) in [6.07, 6.45) is 2.21. The Morgan fingerprint density at radius 1 is 1.35 bits per heavy atom. The van der Waals surface area contributed by atoms with Crippen LogP contribution in [0.2, 0.25) is 0 Å². The molecule has 1 aromatic heterocycles. The number of imidazole rings is 1. The molecule has 1 fully saturated rings. The Hall–Kier alpha value is -2.08. The number of hydrogen-bond donors (Lipinski definition) is 3. The first-order valence-electron chi connectivity index (χ1n) is 6.82. The van der Waals surface area contributed by atoms with Crippen molar-refractivity contribution < 1.29 is 9.53 Å². The van der Waals surface area contributed by atoms with Crippen molar-refractivity contribution in [2.45, 2.75) is 25.4 Å². The number of amides is 1. The molecule has 1 aliphatic heterocycles. The van der Waals surface area contributed by atoms with E-state index in [1.807, 2.05) is 18.2 Å². The molecule has 0 spiro atoms. The third-order valence-electron chi connectivity index (χ3n) is 3.52. The van der Waals surface area contributed by atoms with Crippen molar-refractivity contribution in [3.63, 3.8) is 0 Å². The fraction of sp³-hybridized carbons (Fsp3) is 0.429. The molecule has 0 bridgehead atoms. The summed E-state index contributed by atoms with van der Waals surface area (Å²) >= 11 is 0. The van der Waals surface area contributed by atoms with Gasteiger partial charge in [0.25, 0.3) is 0 Å². The van der Waals surface area contributed by atoms with Crippen molar-refractivity contribution in [1.82, 2.24) is 15.3 Å². The lowest BCUT2D eigenvalue weighted by molar-refractivity contribution is -0.129. The van der Waals surface area contributed by atoms with Crippen molar-refractivity contribution >= 4 is 16.9 Å². The van der Waals surface area contributed by atoms with E-state index in [1.165, 1.54) is 0 Å². The molecule has 0 aliphatic carbocycles. The minimum Gasteiger partial charge on any atom is -0.368 e. The molecule has 2 heterocycles. The SMILES string of the molecule is O=C(NCCc1ccc2[nH]c(=O)[nH]c2c1)C1CCCO1. The molecule has 1 amide bonds. The third-order valence-corrected chi connectivity index (χ3v) is 3.52. The minimum absolute atomic E-state index is 0.0290. The maximum atomic E-state index is 11.8. The molecule has 3 N–H and O–H groups in total. The summed E-state index contributed by atoms with van der Waals surface area (Å²) in [6.45, 7) is 1.24. The van der Waals surface area contributed by atoms with Crippen LogP contribution in [0, 0.1) is 0 Å². The molecule has 6 heteroatoms. The molecular weight excluding hydrogens is 258 g/mol. The number of rotatable bonds is 4.